The standard InChI is InChI=1S/C22H26FN3O4/c1-15(11-12-23)22(29)26(13-4-2-3-8-19(27)28)18-7-5-6-17(14-18)20-24-21(30-25-20)16-9-10-16/h5-7,14,16H,1-4,8-13H2,(H,27,28). The number of unbranched alkanes of at least 4 members (excludes halogenated alkanes) is 2. The first kappa shape index (κ1) is 21.7. The van der Waals surface area contributed by atoms with Crippen LogP contribution >= 0.6 is 0 Å². The van der Waals surface area contributed by atoms with Crippen LogP contribution in [-0.4, -0.2) is 40.3 Å². The zero-order valence-corrected chi connectivity index (χ0v) is 16.8. The minimum atomic E-state index is -0.836. The molecule has 3 rings (SSSR count). The summed E-state index contributed by atoms with van der Waals surface area (Å²) in [7, 11) is 0. The van der Waals surface area contributed by atoms with E-state index in [1.807, 2.05) is 6.07 Å². The van der Waals surface area contributed by atoms with Crippen molar-refractivity contribution in [2.75, 3.05) is 18.1 Å². The molecule has 7 nitrogen and oxygen atoms in total. The van der Waals surface area contributed by atoms with E-state index in [9.17, 15) is 14.0 Å². The third-order valence-electron chi connectivity index (χ3n) is 5.00. The van der Waals surface area contributed by atoms with Crippen molar-refractivity contribution >= 4 is 17.6 Å². The summed E-state index contributed by atoms with van der Waals surface area (Å²) in [6.45, 7) is 3.45. The van der Waals surface area contributed by atoms with Gasteiger partial charge in [0.2, 0.25) is 11.7 Å². The molecule has 0 spiro atoms. The van der Waals surface area contributed by atoms with Gasteiger partial charge in [0.25, 0.3) is 5.91 Å². The van der Waals surface area contributed by atoms with Crippen LogP contribution in [0.2, 0.25) is 0 Å². The highest BCUT2D eigenvalue weighted by molar-refractivity contribution is 6.05. The Hall–Kier alpha value is -3.03. The van der Waals surface area contributed by atoms with Gasteiger partial charge in [-0.1, -0.05) is 30.3 Å². The van der Waals surface area contributed by atoms with E-state index in [0.29, 0.717) is 49.1 Å². The first-order valence-corrected chi connectivity index (χ1v) is 10.2. The minimum absolute atomic E-state index is 0.0242. The van der Waals surface area contributed by atoms with Crippen LogP contribution in [0.15, 0.2) is 40.9 Å². The maximum Gasteiger partial charge on any atom is 0.303 e. The van der Waals surface area contributed by atoms with Gasteiger partial charge in [0.05, 0.1) is 6.67 Å². The van der Waals surface area contributed by atoms with Crippen molar-refractivity contribution in [2.24, 2.45) is 0 Å². The average molecular weight is 415 g/mol. The minimum Gasteiger partial charge on any atom is -0.481 e. The number of carbonyl (C=O) groups is 2. The predicted molar refractivity (Wildman–Crippen MR) is 110 cm³/mol. The van der Waals surface area contributed by atoms with Gasteiger partial charge in [0.15, 0.2) is 0 Å². The lowest BCUT2D eigenvalue weighted by molar-refractivity contribution is -0.137. The summed E-state index contributed by atoms with van der Waals surface area (Å²) in [5.74, 6) is 0.281. The number of hydrogen-bond acceptors (Lipinski definition) is 5. The van der Waals surface area contributed by atoms with Gasteiger partial charge in [-0.15, -0.1) is 0 Å². The average Bonchev–Trinajstić information content (AvgIpc) is 3.47. The van der Waals surface area contributed by atoms with E-state index in [1.165, 1.54) is 0 Å². The Balaban J connectivity index is 1.76. The fourth-order valence-corrected chi connectivity index (χ4v) is 3.14. The number of amides is 1. The number of alkyl halides is 1. The van der Waals surface area contributed by atoms with Crippen molar-refractivity contribution in [1.82, 2.24) is 10.1 Å². The highest BCUT2D eigenvalue weighted by Gasteiger charge is 2.30. The summed E-state index contributed by atoms with van der Waals surface area (Å²) < 4.78 is 18.1. The molecule has 0 aliphatic heterocycles. The van der Waals surface area contributed by atoms with E-state index < -0.39 is 12.6 Å². The normalized spacial score (nSPS) is 13.2. The quantitative estimate of drug-likeness (QED) is 0.405. The number of aliphatic carboxylic acids is 1. The van der Waals surface area contributed by atoms with Crippen LogP contribution in [-0.2, 0) is 9.59 Å². The van der Waals surface area contributed by atoms with Gasteiger partial charge in [0.1, 0.15) is 0 Å². The number of aromatic nitrogens is 2. The molecule has 1 aliphatic rings. The summed E-state index contributed by atoms with van der Waals surface area (Å²) in [5, 5.41) is 12.8. The molecule has 1 aromatic carbocycles. The van der Waals surface area contributed by atoms with E-state index in [4.69, 9.17) is 9.63 Å². The molecule has 0 saturated heterocycles. The fourth-order valence-electron chi connectivity index (χ4n) is 3.14. The third-order valence-corrected chi connectivity index (χ3v) is 5.00. The second-order valence-electron chi connectivity index (χ2n) is 7.48. The molecule has 2 aromatic rings. The van der Waals surface area contributed by atoms with Crippen LogP contribution in [0.4, 0.5) is 10.1 Å². The van der Waals surface area contributed by atoms with Gasteiger partial charge in [-0.25, -0.2) is 0 Å². The maximum absolute atomic E-state index is 12.9. The van der Waals surface area contributed by atoms with Crippen molar-refractivity contribution in [1.29, 1.82) is 0 Å². The van der Waals surface area contributed by atoms with Crippen molar-refractivity contribution in [3.8, 4) is 11.4 Å². The molecule has 1 fully saturated rings. The molecule has 1 saturated carbocycles. The van der Waals surface area contributed by atoms with Crippen molar-refractivity contribution in [3.63, 3.8) is 0 Å². The van der Waals surface area contributed by atoms with Crippen LogP contribution < -0.4 is 4.90 Å². The number of carboxylic acid groups (broad SMARTS) is 1. The molecule has 1 aliphatic carbocycles. The lowest BCUT2D eigenvalue weighted by Gasteiger charge is -2.24. The third kappa shape index (κ3) is 5.75. The zero-order valence-electron chi connectivity index (χ0n) is 16.8. The molecule has 0 unspecified atom stereocenters. The zero-order chi connectivity index (χ0) is 21.5. The number of halogens is 1. The second kappa shape index (κ2) is 10.1. The van der Waals surface area contributed by atoms with Gasteiger partial charge in [-0.3, -0.25) is 14.0 Å². The Morgan fingerprint density at radius 2 is 2.03 bits per heavy atom. The van der Waals surface area contributed by atoms with Crippen molar-refractivity contribution in [2.45, 2.75) is 50.9 Å². The molecule has 0 atom stereocenters. The topological polar surface area (TPSA) is 96.5 Å². The molecule has 1 aromatic heterocycles. The summed E-state index contributed by atoms with van der Waals surface area (Å²) in [5.41, 5.74) is 1.56. The Morgan fingerprint density at radius 3 is 2.73 bits per heavy atom. The van der Waals surface area contributed by atoms with Crippen LogP contribution in [0.1, 0.15) is 56.8 Å². The smallest absolute Gasteiger partial charge is 0.303 e. The summed E-state index contributed by atoms with van der Waals surface area (Å²) in [6, 6.07) is 7.25. The molecular formula is C22H26FN3O4. The number of rotatable bonds is 12. The lowest BCUT2D eigenvalue weighted by Crippen LogP contribution is -2.33. The SMILES string of the molecule is C=C(CCF)C(=O)N(CCCCCC(=O)O)c1cccc(-c2noc(C3CC3)n2)c1. The highest BCUT2D eigenvalue weighted by atomic mass is 19.1. The van der Waals surface area contributed by atoms with Crippen LogP contribution in [0.25, 0.3) is 11.4 Å². The van der Waals surface area contributed by atoms with Gasteiger partial charge < -0.3 is 14.5 Å². The molecule has 30 heavy (non-hydrogen) atoms. The van der Waals surface area contributed by atoms with E-state index in [-0.39, 0.29) is 24.3 Å². The van der Waals surface area contributed by atoms with Gasteiger partial charge in [0, 0.05) is 42.1 Å². The Kier molecular flexibility index (Phi) is 7.32. The summed E-state index contributed by atoms with van der Waals surface area (Å²) in [4.78, 5) is 29.6. The molecular weight excluding hydrogens is 389 g/mol. The second-order valence-corrected chi connectivity index (χ2v) is 7.48. The van der Waals surface area contributed by atoms with Crippen molar-refractivity contribution in [3.05, 3.63) is 42.3 Å². The van der Waals surface area contributed by atoms with Crippen LogP contribution in [0.3, 0.4) is 0 Å². The van der Waals surface area contributed by atoms with Crippen LogP contribution in [0, 0.1) is 0 Å². The molecule has 1 heterocycles. The van der Waals surface area contributed by atoms with E-state index >= 15 is 0 Å². The van der Waals surface area contributed by atoms with E-state index in [0.717, 1.165) is 18.4 Å². The first-order chi connectivity index (χ1) is 14.5. The van der Waals surface area contributed by atoms with Gasteiger partial charge in [-0.2, -0.15) is 4.98 Å². The Morgan fingerprint density at radius 1 is 1.23 bits per heavy atom. The van der Waals surface area contributed by atoms with E-state index in [2.05, 4.69) is 16.7 Å². The number of carbonyl (C=O) groups excluding carboxylic acids is 1. The fraction of sp³-hybridized carbons (Fsp3) is 0.455. The summed E-state index contributed by atoms with van der Waals surface area (Å²) in [6.07, 6.45) is 4.02. The molecule has 160 valence electrons. The van der Waals surface area contributed by atoms with Crippen molar-refractivity contribution < 1.29 is 23.6 Å². The largest absolute Gasteiger partial charge is 0.481 e. The summed E-state index contributed by atoms with van der Waals surface area (Å²) >= 11 is 0. The Labute approximate surface area is 174 Å². The number of benzene rings is 1. The first-order valence-electron chi connectivity index (χ1n) is 10.2. The van der Waals surface area contributed by atoms with Gasteiger partial charge in [-0.05, 0) is 37.8 Å². The highest BCUT2D eigenvalue weighted by Crippen LogP contribution is 2.39. The molecule has 0 radical (unpaired) electrons. The number of nitrogens with zero attached hydrogens (tertiary/aromatic N) is 3. The number of carboxylic acids is 1. The van der Waals surface area contributed by atoms with Crippen LogP contribution in [0.5, 0.6) is 0 Å². The Bertz CT molecular complexity index is 907. The van der Waals surface area contributed by atoms with Gasteiger partial charge >= 0.3 is 5.97 Å². The monoisotopic (exact) mass is 415 g/mol. The van der Waals surface area contributed by atoms with E-state index in [1.54, 1.807) is 23.1 Å². The predicted octanol–water partition coefficient (Wildman–Crippen LogP) is 4.51. The lowest BCUT2D eigenvalue weighted by atomic mass is 10.1. The molecule has 8 heteroatoms. The molecule has 0 bridgehead atoms. The maximum atomic E-state index is 12.9. The number of hydrogen-bond donors (Lipinski definition) is 1. The molecule has 1 N–H and O–H groups in total. The molecule has 1 amide bonds. The number of anilines is 1.